The highest BCUT2D eigenvalue weighted by molar-refractivity contribution is 6.34. The summed E-state index contributed by atoms with van der Waals surface area (Å²) in [6.45, 7) is 6.42. The molecule has 2 heterocycles. The SMILES string of the molecule is CC(C)[C@H](NC(=O)[C@H](CC(=O)O)NC(=O)[C@H](Cc1ccccc1)NC(=O)[C@H](C)NC(=O)CN1C(=O)c2ccc3c4c(ccc(c24)C1=O)C(=O)N(CC(=O)N[C@@H](C)C(=O)N[C@@H](Cc1ccccc1)C(=O)N[C@@H](CC(=O)O)C(=O)N[C@H](C(=O)O)C(C)C)C3=O)C(=O)O. The molecule has 12 amide bonds. The Bertz CT molecular complexity index is 3280. The van der Waals surface area contributed by atoms with Crippen LogP contribution in [-0.4, -0.2) is 186 Å². The normalized spacial score (nSPS) is 15.2. The Hall–Kier alpha value is -10.9. The van der Waals surface area contributed by atoms with Crippen LogP contribution < -0.4 is 42.5 Å². The summed E-state index contributed by atoms with van der Waals surface area (Å²) >= 11 is 0. The van der Waals surface area contributed by atoms with Gasteiger partial charge in [-0.15, -0.1) is 0 Å². The maximum atomic E-state index is 14.1. The third-order valence-electron chi connectivity index (χ3n) is 14.5. The van der Waals surface area contributed by atoms with Gasteiger partial charge in [0.1, 0.15) is 61.4 Å². The lowest BCUT2D eigenvalue weighted by atomic mass is 9.86. The van der Waals surface area contributed by atoms with Gasteiger partial charge in [-0.1, -0.05) is 88.4 Å². The molecule has 6 rings (SSSR count). The lowest BCUT2D eigenvalue weighted by Crippen LogP contribution is -2.59. The minimum absolute atomic E-state index is 0.128. The Balaban J connectivity index is 1.11. The number of rotatable bonds is 30. The first kappa shape index (κ1) is 68.2. The third-order valence-corrected chi connectivity index (χ3v) is 14.5. The molecule has 4 aromatic carbocycles. The van der Waals surface area contributed by atoms with Crippen LogP contribution in [0.5, 0.6) is 0 Å². The smallest absolute Gasteiger partial charge is 0.326 e. The molecule has 0 aromatic heterocycles. The van der Waals surface area contributed by atoms with Crippen LogP contribution in [0.25, 0.3) is 10.8 Å². The number of nitrogens with one attached hydrogen (secondary N) is 8. The van der Waals surface area contributed by atoms with E-state index < -0.39 is 181 Å². The quantitative estimate of drug-likeness (QED) is 0.0275. The highest BCUT2D eigenvalue weighted by Crippen LogP contribution is 2.38. The maximum absolute atomic E-state index is 14.1. The van der Waals surface area contributed by atoms with Crippen molar-refractivity contribution in [2.45, 2.75) is 116 Å². The largest absolute Gasteiger partial charge is 0.481 e. The summed E-state index contributed by atoms with van der Waals surface area (Å²) in [5, 5.41) is 56.6. The number of carbonyl (C=O) groups excluding carboxylic acids is 12. The molecule has 2 aliphatic heterocycles. The van der Waals surface area contributed by atoms with Crippen LogP contribution in [0.1, 0.15) is 107 Å². The molecule has 476 valence electrons. The summed E-state index contributed by atoms with van der Waals surface area (Å²) in [7, 11) is 0. The van der Waals surface area contributed by atoms with Crippen LogP contribution in [0, 0.1) is 11.8 Å². The van der Waals surface area contributed by atoms with Crippen molar-refractivity contribution in [2.24, 2.45) is 11.8 Å². The van der Waals surface area contributed by atoms with Crippen molar-refractivity contribution in [1.29, 1.82) is 0 Å². The fourth-order valence-corrected chi connectivity index (χ4v) is 9.81. The first-order chi connectivity index (χ1) is 42.4. The van der Waals surface area contributed by atoms with E-state index in [0.717, 1.165) is 24.3 Å². The molecule has 4 aromatic rings. The Kier molecular flexibility index (Phi) is 22.5. The molecule has 0 fully saturated rings. The average Bonchev–Trinajstić information content (AvgIpc) is 0.715. The summed E-state index contributed by atoms with van der Waals surface area (Å²) < 4.78 is 0. The zero-order valence-corrected chi connectivity index (χ0v) is 49.3. The van der Waals surface area contributed by atoms with E-state index in [1.165, 1.54) is 41.5 Å². The molecule has 0 aliphatic carbocycles. The van der Waals surface area contributed by atoms with E-state index in [2.05, 4.69) is 42.5 Å². The summed E-state index contributed by atoms with van der Waals surface area (Å²) in [5.74, 6) is -19.8. The first-order valence-electron chi connectivity index (χ1n) is 28.1. The van der Waals surface area contributed by atoms with Crippen LogP contribution in [0.3, 0.4) is 0 Å². The van der Waals surface area contributed by atoms with Crippen molar-refractivity contribution in [2.75, 3.05) is 13.1 Å². The van der Waals surface area contributed by atoms with Gasteiger partial charge in [0.25, 0.3) is 23.6 Å². The van der Waals surface area contributed by atoms with E-state index in [0.29, 0.717) is 20.9 Å². The molecule has 0 saturated carbocycles. The number of carbonyl (C=O) groups is 16. The van der Waals surface area contributed by atoms with E-state index in [1.807, 2.05) is 0 Å². The number of nitrogens with zero attached hydrogens (tertiary/aromatic N) is 2. The van der Waals surface area contributed by atoms with Gasteiger partial charge in [0, 0.05) is 45.9 Å². The van der Waals surface area contributed by atoms with Gasteiger partial charge >= 0.3 is 23.9 Å². The predicted octanol–water partition coefficient (Wildman–Crippen LogP) is -1.13. The zero-order valence-electron chi connectivity index (χ0n) is 49.3. The second-order valence-corrected chi connectivity index (χ2v) is 22.0. The van der Waals surface area contributed by atoms with Crippen molar-refractivity contribution >= 4 is 106 Å². The maximum Gasteiger partial charge on any atom is 0.326 e. The van der Waals surface area contributed by atoms with Crippen molar-refractivity contribution < 1.29 is 97.1 Å². The standard InChI is InChI=1S/C60H66N10O20/c1-27(2)47(59(87)88)67-53(81)39(23-43(73)74)65-51(79)37(21-31-13-9-7-10-14-31)63-49(77)29(5)61-41(71)25-69-55(83)33-17-19-35-46-36(20-18-34(45(33)46)56(69)84)58(86)70(57(35)85)26-42(72)62-30(6)50(78)64-38(22-32-15-11-8-12-16-32)52(80)66-40(24-44(75)76)54(82)68-48(28(3)4)60(89)90/h7-20,27-30,37-40,47-48H,21-26H2,1-6H3,(H,61,71)(H,62,72)(H,63,77)(H,64,78)(H,65,79)(H,66,80)(H,67,81)(H,68,82)(H,73,74)(H,75,76)(H,87,88)(H,89,90)/t29-,30-,37-,38-,39-,40-,47-,48-/m0/s1. The lowest BCUT2D eigenvalue weighted by Gasteiger charge is -2.31. The second kappa shape index (κ2) is 29.6. The number of carboxylic acid groups (broad SMARTS) is 4. The van der Waals surface area contributed by atoms with Crippen LogP contribution >= 0.6 is 0 Å². The molecule has 2 aliphatic rings. The molecular formula is C60H66N10O20. The van der Waals surface area contributed by atoms with Crippen LogP contribution in [0.4, 0.5) is 0 Å². The van der Waals surface area contributed by atoms with Gasteiger partial charge in [-0.25, -0.2) is 9.59 Å². The molecule has 12 N–H and O–H groups in total. The lowest BCUT2D eigenvalue weighted by molar-refractivity contribution is -0.145. The molecule has 0 radical (unpaired) electrons. The van der Waals surface area contributed by atoms with E-state index in [1.54, 1.807) is 60.7 Å². The summed E-state index contributed by atoms with van der Waals surface area (Å²) in [6.07, 6.45) is -2.40. The number of imide groups is 2. The Labute approximate surface area is 512 Å². The molecule has 0 saturated heterocycles. The fourth-order valence-electron chi connectivity index (χ4n) is 9.81. The van der Waals surface area contributed by atoms with Gasteiger partial charge in [-0.2, -0.15) is 0 Å². The van der Waals surface area contributed by atoms with Gasteiger partial charge < -0.3 is 63.0 Å². The van der Waals surface area contributed by atoms with Crippen LogP contribution in [0.15, 0.2) is 84.9 Å². The molecule has 0 unspecified atom stereocenters. The second-order valence-electron chi connectivity index (χ2n) is 22.0. The minimum atomic E-state index is -1.80. The summed E-state index contributed by atoms with van der Waals surface area (Å²) in [5.41, 5.74) is 0.0956. The molecule has 30 heteroatoms. The Morgan fingerprint density at radius 3 is 0.911 bits per heavy atom. The molecule has 0 bridgehead atoms. The minimum Gasteiger partial charge on any atom is -0.481 e. The molecule has 8 atom stereocenters. The zero-order chi connectivity index (χ0) is 66.6. The Morgan fingerprint density at radius 2 is 0.644 bits per heavy atom. The highest BCUT2D eigenvalue weighted by atomic mass is 16.4. The van der Waals surface area contributed by atoms with E-state index >= 15 is 0 Å². The van der Waals surface area contributed by atoms with E-state index in [9.17, 15) is 97.1 Å². The van der Waals surface area contributed by atoms with Gasteiger partial charge in [0.05, 0.1) is 12.8 Å². The average molecular weight is 1250 g/mol. The fraction of sp³-hybridized carbons (Fsp3) is 0.367. The van der Waals surface area contributed by atoms with Gasteiger partial charge in [-0.05, 0) is 61.1 Å². The predicted molar refractivity (Wildman–Crippen MR) is 311 cm³/mol. The van der Waals surface area contributed by atoms with Gasteiger partial charge in [0.15, 0.2) is 0 Å². The van der Waals surface area contributed by atoms with Crippen molar-refractivity contribution in [3.8, 4) is 0 Å². The summed E-state index contributed by atoms with van der Waals surface area (Å²) in [6, 6.07) is 8.36. The molecule has 30 nitrogen and oxygen atoms in total. The molecule has 90 heavy (non-hydrogen) atoms. The number of hydrogen-bond donors (Lipinski definition) is 12. The van der Waals surface area contributed by atoms with Crippen LogP contribution in [-0.2, 0) is 70.4 Å². The van der Waals surface area contributed by atoms with Crippen molar-refractivity contribution in [3.63, 3.8) is 0 Å². The van der Waals surface area contributed by atoms with Crippen molar-refractivity contribution in [3.05, 3.63) is 118 Å². The van der Waals surface area contributed by atoms with Gasteiger partial charge in [-0.3, -0.25) is 76.9 Å². The van der Waals surface area contributed by atoms with Crippen LogP contribution in [0.2, 0.25) is 0 Å². The van der Waals surface area contributed by atoms with Gasteiger partial charge in [0.2, 0.25) is 47.3 Å². The number of aliphatic carboxylic acids is 4. The third kappa shape index (κ3) is 16.8. The first-order valence-corrected chi connectivity index (χ1v) is 28.1. The topological polar surface area (TPSA) is 457 Å². The van der Waals surface area contributed by atoms with E-state index in [4.69, 9.17) is 0 Å². The number of amides is 12. The number of benzene rings is 4. The number of hydrogen-bond acceptors (Lipinski definition) is 16. The molecule has 0 spiro atoms. The Morgan fingerprint density at radius 1 is 0.367 bits per heavy atom. The summed E-state index contributed by atoms with van der Waals surface area (Å²) in [4.78, 5) is 213. The monoisotopic (exact) mass is 1250 g/mol. The van der Waals surface area contributed by atoms with Crippen molar-refractivity contribution in [1.82, 2.24) is 52.3 Å². The highest BCUT2D eigenvalue weighted by Gasteiger charge is 2.42. The molecular weight excluding hydrogens is 1180 g/mol. The van der Waals surface area contributed by atoms with E-state index in [-0.39, 0.29) is 45.9 Å². The number of carboxylic acids is 4.